The van der Waals surface area contributed by atoms with Crippen molar-refractivity contribution in [2.75, 3.05) is 12.4 Å². The Labute approximate surface area is 179 Å². The van der Waals surface area contributed by atoms with E-state index in [4.69, 9.17) is 4.74 Å². The van der Waals surface area contributed by atoms with Crippen LogP contribution in [0.15, 0.2) is 28.8 Å². The summed E-state index contributed by atoms with van der Waals surface area (Å²) in [4.78, 5) is 62.1. The number of thioether (sulfide) groups is 1. The number of carboxylic acids is 1. The summed E-state index contributed by atoms with van der Waals surface area (Å²) in [7, 11) is 0. The van der Waals surface area contributed by atoms with E-state index >= 15 is 0 Å². The van der Waals surface area contributed by atoms with Gasteiger partial charge in [0.2, 0.25) is 17.5 Å². The molecule has 0 aliphatic carbocycles. The summed E-state index contributed by atoms with van der Waals surface area (Å²) in [6.07, 6.45) is 0.0169. The molecular weight excluding hydrogens is 434 g/mol. The van der Waals surface area contributed by atoms with Crippen molar-refractivity contribution in [3.05, 3.63) is 33.7 Å². The first-order chi connectivity index (χ1) is 14.2. The number of β-lactam (4-membered cyclic amide) rings is 1. The second-order valence-electron chi connectivity index (χ2n) is 6.67. The molecule has 0 radical (unpaired) electrons. The lowest BCUT2D eigenvalue weighted by Gasteiger charge is -2.56. The molecule has 10 nitrogen and oxygen atoms in total. The maximum absolute atomic E-state index is 13.1. The second kappa shape index (κ2) is 8.48. The number of amides is 3. The minimum atomic E-state index is -1.75. The summed E-state index contributed by atoms with van der Waals surface area (Å²) in [6, 6.07) is 3.56. The highest BCUT2D eigenvalue weighted by molar-refractivity contribution is 8.00. The number of thiophene rings is 1. The van der Waals surface area contributed by atoms with Crippen LogP contribution in [0.5, 0.6) is 0 Å². The summed E-state index contributed by atoms with van der Waals surface area (Å²) in [5.74, 6) is -3.60. The number of carboxylic acid groups (broad SMARTS) is 1. The fourth-order valence-corrected chi connectivity index (χ4v) is 5.40. The van der Waals surface area contributed by atoms with E-state index in [1.807, 2.05) is 5.38 Å². The van der Waals surface area contributed by atoms with Crippen LogP contribution in [0.1, 0.15) is 18.7 Å². The van der Waals surface area contributed by atoms with Crippen molar-refractivity contribution in [1.29, 1.82) is 0 Å². The molecule has 1 aromatic rings. The largest absolute Gasteiger partial charge is 0.477 e. The third kappa shape index (κ3) is 4.05. The summed E-state index contributed by atoms with van der Waals surface area (Å²) in [5, 5.41) is 15.7. The molecule has 0 bridgehead atoms. The normalized spacial score (nSPS) is 22.7. The van der Waals surface area contributed by atoms with Crippen molar-refractivity contribution in [2.24, 2.45) is 0 Å². The fourth-order valence-electron chi connectivity index (χ4n) is 3.29. The molecule has 3 N–H and O–H groups in total. The minimum Gasteiger partial charge on any atom is -0.477 e. The van der Waals surface area contributed by atoms with Gasteiger partial charge in [0, 0.05) is 30.1 Å². The predicted molar refractivity (Wildman–Crippen MR) is 107 cm³/mol. The van der Waals surface area contributed by atoms with Gasteiger partial charge in [0.05, 0.1) is 6.42 Å². The molecule has 3 heterocycles. The highest BCUT2D eigenvalue weighted by Gasteiger charge is 2.66. The first-order valence-electron chi connectivity index (χ1n) is 8.81. The van der Waals surface area contributed by atoms with E-state index in [0.29, 0.717) is 0 Å². The lowest BCUT2D eigenvalue weighted by molar-refractivity contribution is -0.163. The number of carbonyl (C=O) groups excluding carboxylic acids is 4. The SMILES string of the molecule is CC(=O)N[C@]1(NC(=O)Cc2cccs2)C(=O)N2C(C(=O)O)=C(COC(C)=O)CS[C@@H]21. The monoisotopic (exact) mass is 453 g/mol. The third-order valence-corrected chi connectivity index (χ3v) is 6.70. The van der Waals surface area contributed by atoms with E-state index in [1.165, 1.54) is 25.2 Å². The zero-order valence-corrected chi connectivity index (χ0v) is 17.7. The van der Waals surface area contributed by atoms with Crippen LogP contribution >= 0.6 is 23.1 Å². The molecule has 3 rings (SSSR count). The van der Waals surface area contributed by atoms with Crippen molar-refractivity contribution in [3.63, 3.8) is 0 Å². The summed E-state index contributed by atoms with van der Waals surface area (Å²) >= 11 is 2.54. The maximum atomic E-state index is 13.1. The van der Waals surface area contributed by atoms with Crippen molar-refractivity contribution in [3.8, 4) is 0 Å². The van der Waals surface area contributed by atoms with Crippen LogP contribution in [0, 0.1) is 0 Å². The second-order valence-corrected chi connectivity index (χ2v) is 8.77. The number of ether oxygens (including phenoxy) is 1. The zero-order chi connectivity index (χ0) is 22.1. The minimum absolute atomic E-state index is 0.0169. The molecule has 1 saturated heterocycles. The van der Waals surface area contributed by atoms with E-state index in [-0.39, 0.29) is 30.1 Å². The van der Waals surface area contributed by atoms with Gasteiger partial charge in [-0.05, 0) is 11.4 Å². The molecule has 30 heavy (non-hydrogen) atoms. The Morgan fingerprint density at radius 2 is 2.03 bits per heavy atom. The Balaban J connectivity index is 1.88. The lowest BCUT2D eigenvalue weighted by Crippen LogP contribution is -2.85. The fraction of sp³-hybridized carbons (Fsp3) is 0.389. The molecule has 0 unspecified atom stereocenters. The molecule has 2 aliphatic rings. The molecule has 3 amide bonds. The molecule has 0 saturated carbocycles. The number of hydrogen-bond acceptors (Lipinski definition) is 8. The van der Waals surface area contributed by atoms with Crippen LogP contribution in [-0.4, -0.2) is 63.1 Å². The molecule has 1 fully saturated rings. The van der Waals surface area contributed by atoms with Gasteiger partial charge in [0.25, 0.3) is 5.91 Å². The number of aliphatic carboxylic acids is 1. The van der Waals surface area contributed by atoms with Gasteiger partial charge in [0.15, 0.2) is 0 Å². The van der Waals surface area contributed by atoms with E-state index in [2.05, 4.69) is 10.6 Å². The third-order valence-electron chi connectivity index (χ3n) is 4.43. The summed E-state index contributed by atoms with van der Waals surface area (Å²) < 4.78 is 4.89. The van der Waals surface area contributed by atoms with Gasteiger partial charge in [-0.2, -0.15) is 0 Å². The Bertz CT molecular complexity index is 944. The van der Waals surface area contributed by atoms with E-state index in [9.17, 15) is 29.1 Å². The molecule has 12 heteroatoms. The first kappa shape index (κ1) is 21.8. The van der Waals surface area contributed by atoms with Crippen LogP contribution in [-0.2, 0) is 35.1 Å². The highest BCUT2D eigenvalue weighted by Crippen LogP contribution is 2.45. The highest BCUT2D eigenvalue weighted by atomic mass is 32.2. The van der Waals surface area contributed by atoms with Gasteiger partial charge in [-0.15, -0.1) is 23.1 Å². The van der Waals surface area contributed by atoms with Crippen LogP contribution < -0.4 is 10.6 Å². The smallest absolute Gasteiger partial charge is 0.352 e. The maximum Gasteiger partial charge on any atom is 0.352 e. The van der Waals surface area contributed by atoms with Gasteiger partial charge in [-0.1, -0.05) is 6.07 Å². The van der Waals surface area contributed by atoms with Crippen LogP contribution in [0.4, 0.5) is 0 Å². The van der Waals surface area contributed by atoms with Crippen molar-refractivity contribution in [1.82, 2.24) is 15.5 Å². The van der Waals surface area contributed by atoms with E-state index in [1.54, 1.807) is 12.1 Å². The molecule has 1 aromatic heterocycles. The Kier molecular flexibility index (Phi) is 6.17. The Morgan fingerprint density at radius 1 is 1.30 bits per heavy atom. The molecule has 2 atom stereocenters. The number of esters is 1. The topological polar surface area (TPSA) is 142 Å². The molecule has 160 valence electrons. The Hall–Kier alpha value is -2.86. The van der Waals surface area contributed by atoms with Crippen molar-refractivity contribution < 1.29 is 33.8 Å². The summed E-state index contributed by atoms with van der Waals surface area (Å²) in [6.45, 7) is 2.13. The molecule has 2 aliphatic heterocycles. The van der Waals surface area contributed by atoms with E-state index in [0.717, 1.165) is 21.5 Å². The van der Waals surface area contributed by atoms with Gasteiger partial charge >= 0.3 is 11.9 Å². The number of nitrogens with one attached hydrogen (secondary N) is 2. The zero-order valence-electron chi connectivity index (χ0n) is 16.1. The number of rotatable bonds is 7. The van der Waals surface area contributed by atoms with Crippen molar-refractivity contribution in [2.45, 2.75) is 31.3 Å². The van der Waals surface area contributed by atoms with Crippen LogP contribution in [0.2, 0.25) is 0 Å². The van der Waals surface area contributed by atoms with Crippen LogP contribution in [0.25, 0.3) is 0 Å². The molecular formula is C18H19N3O7S2. The number of carbonyl (C=O) groups is 5. The number of fused-ring (bicyclic) bond motifs is 1. The standard InChI is InChI=1S/C18H19N3O7S2/c1-9(22)19-18(20-13(24)6-12-4-3-5-29-12)16(27)21-14(15(25)26)11(7-28-10(2)23)8-30-17(18)21/h3-5,17H,6-8H2,1-2H3,(H,19,22)(H,20,24)(H,25,26)/t17-,18+/m1/s1. The lowest BCUT2D eigenvalue weighted by atomic mass is 9.94. The first-order valence-corrected chi connectivity index (χ1v) is 10.7. The van der Waals surface area contributed by atoms with Crippen LogP contribution in [0.3, 0.4) is 0 Å². The quantitative estimate of drug-likeness (QED) is 0.299. The molecule has 0 aromatic carbocycles. The average molecular weight is 453 g/mol. The number of nitrogens with zero attached hydrogens (tertiary/aromatic N) is 1. The van der Waals surface area contributed by atoms with Gasteiger partial charge < -0.3 is 20.5 Å². The van der Waals surface area contributed by atoms with Gasteiger partial charge in [-0.25, -0.2) is 4.79 Å². The van der Waals surface area contributed by atoms with E-state index < -0.39 is 40.7 Å². The number of hydrogen-bond donors (Lipinski definition) is 3. The van der Waals surface area contributed by atoms with Gasteiger partial charge in [0.1, 0.15) is 17.7 Å². The Morgan fingerprint density at radius 3 is 2.60 bits per heavy atom. The van der Waals surface area contributed by atoms with Gasteiger partial charge in [-0.3, -0.25) is 24.1 Å². The average Bonchev–Trinajstić information content (AvgIpc) is 3.16. The van der Waals surface area contributed by atoms with Crippen molar-refractivity contribution >= 4 is 52.8 Å². The molecule has 0 spiro atoms. The predicted octanol–water partition coefficient (Wildman–Crippen LogP) is 0.0561. The summed E-state index contributed by atoms with van der Waals surface area (Å²) in [5.41, 5.74) is -1.80.